The molecule has 0 unspecified atom stereocenters. The van der Waals surface area contributed by atoms with Gasteiger partial charge in [-0.1, -0.05) is 66.7 Å². The highest BCUT2D eigenvalue weighted by Gasteiger charge is 2.78. The third kappa shape index (κ3) is 1.69. The molecule has 0 radical (unpaired) electrons. The van der Waals surface area contributed by atoms with E-state index >= 15 is 0 Å². The van der Waals surface area contributed by atoms with E-state index in [4.69, 9.17) is 4.74 Å². The van der Waals surface area contributed by atoms with Crippen LogP contribution in [0.3, 0.4) is 0 Å². The van der Waals surface area contributed by atoms with Gasteiger partial charge in [0.1, 0.15) is 0 Å². The van der Waals surface area contributed by atoms with Crippen LogP contribution >= 0.6 is 0 Å². The maximum absolute atomic E-state index is 14.2. The van der Waals surface area contributed by atoms with Crippen LogP contribution in [0.5, 0.6) is 0 Å². The number of esters is 1. The van der Waals surface area contributed by atoms with Gasteiger partial charge >= 0.3 is 5.97 Å². The van der Waals surface area contributed by atoms with Crippen LogP contribution in [0.4, 0.5) is 5.69 Å². The maximum atomic E-state index is 14.2. The Labute approximate surface area is 186 Å². The van der Waals surface area contributed by atoms with Crippen LogP contribution in [0.1, 0.15) is 59.4 Å². The highest BCUT2D eigenvalue weighted by Crippen LogP contribution is 2.74. The third-order valence-corrected chi connectivity index (χ3v) is 8.36. The summed E-state index contributed by atoms with van der Waals surface area (Å²) in [5.41, 5.74) is 5.12. The molecule has 8 rings (SSSR count). The first-order valence-electron chi connectivity index (χ1n) is 11.5. The van der Waals surface area contributed by atoms with E-state index in [1.165, 1.54) is 22.3 Å². The number of fused-ring (bicyclic) bond motifs is 2. The Morgan fingerprint density at radius 2 is 1.53 bits per heavy atom. The molecule has 1 fully saturated rings. The van der Waals surface area contributed by atoms with E-state index in [0.29, 0.717) is 12.8 Å². The lowest BCUT2D eigenvalue weighted by atomic mass is 9.41. The minimum Gasteiger partial charge on any atom is -0.464 e. The minimum absolute atomic E-state index is 0.00858. The molecular formula is C28H23NO3. The molecule has 1 amide bonds. The van der Waals surface area contributed by atoms with Crippen molar-refractivity contribution in [3.8, 4) is 0 Å². The molecule has 0 saturated carbocycles. The summed E-state index contributed by atoms with van der Waals surface area (Å²) in [6.45, 7) is 2.13. The standard InChI is InChI=1S/C28H23NO3/c1-2-32-26(31)28-25-19-11-5-8-14-22(19)29(28)23(30)15-16-27(28)20-12-6-3-9-17(20)24(25)18-10-4-7-13-21(18)27/h3-14,24-25H,2,15-16H2,1H3/t24?,25-,27?,28+/m0/s1. The van der Waals surface area contributed by atoms with Gasteiger partial charge in [-0.3, -0.25) is 9.69 Å². The topological polar surface area (TPSA) is 46.6 Å². The maximum Gasteiger partial charge on any atom is 0.334 e. The first-order valence-corrected chi connectivity index (χ1v) is 11.5. The van der Waals surface area contributed by atoms with Gasteiger partial charge in [-0.15, -0.1) is 0 Å². The van der Waals surface area contributed by atoms with E-state index in [2.05, 4.69) is 54.6 Å². The fourth-order valence-electron chi connectivity index (χ4n) is 7.61. The van der Waals surface area contributed by atoms with Gasteiger partial charge in [0.2, 0.25) is 5.91 Å². The largest absolute Gasteiger partial charge is 0.464 e. The molecule has 5 aliphatic rings. The van der Waals surface area contributed by atoms with Gasteiger partial charge in [0.15, 0.2) is 5.54 Å². The van der Waals surface area contributed by atoms with Crippen LogP contribution in [-0.2, 0) is 19.7 Å². The van der Waals surface area contributed by atoms with Crippen molar-refractivity contribution in [1.29, 1.82) is 0 Å². The van der Waals surface area contributed by atoms with E-state index in [-0.39, 0.29) is 30.3 Å². The van der Waals surface area contributed by atoms with Crippen molar-refractivity contribution < 1.29 is 14.3 Å². The lowest BCUT2D eigenvalue weighted by molar-refractivity contribution is -0.158. The van der Waals surface area contributed by atoms with Crippen molar-refractivity contribution >= 4 is 17.6 Å². The van der Waals surface area contributed by atoms with Crippen molar-refractivity contribution in [2.45, 2.75) is 42.6 Å². The Balaban J connectivity index is 1.71. The zero-order valence-electron chi connectivity index (χ0n) is 17.9. The monoisotopic (exact) mass is 421 g/mol. The van der Waals surface area contributed by atoms with Crippen LogP contribution in [0.15, 0.2) is 72.8 Å². The number of para-hydroxylation sites is 1. The van der Waals surface area contributed by atoms with Gasteiger partial charge in [-0.25, -0.2) is 4.79 Å². The summed E-state index contributed by atoms with van der Waals surface area (Å²) in [6, 6.07) is 25.2. The van der Waals surface area contributed by atoms with Crippen molar-refractivity contribution in [2.75, 3.05) is 11.5 Å². The molecule has 32 heavy (non-hydrogen) atoms. The molecule has 4 heteroatoms. The molecule has 1 saturated heterocycles. The van der Waals surface area contributed by atoms with E-state index in [1.807, 2.05) is 30.0 Å². The molecular weight excluding hydrogens is 398 g/mol. The fraction of sp³-hybridized carbons (Fsp3) is 0.286. The highest BCUT2D eigenvalue weighted by molar-refractivity contribution is 6.10. The molecule has 2 heterocycles. The summed E-state index contributed by atoms with van der Waals surface area (Å²) in [5, 5.41) is 0. The number of hydrogen-bond acceptors (Lipinski definition) is 3. The van der Waals surface area contributed by atoms with E-state index in [0.717, 1.165) is 11.3 Å². The minimum atomic E-state index is -1.10. The van der Waals surface area contributed by atoms with Crippen molar-refractivity contribution in [2.24, 2.45) is 0 Å². The van der Waals surface area contributed by atoms with Crippen LogP contribution in [0.2, 0.25) is 0 Å². The molecule has 4 nitrogen and oxygen atoms in total. The molecule has 2 atom stereocenters. The Morgan fingerprint density at radius 1 is 0.938 bits per heavy atom. The van der Waals surface area contributed by atoms with Crippen molar-refractivity contribution in [3.05, 3.63) is 101 Å². The number of carbonyl (C=O) groups excluding carboxylic acids is 2. The van der Waals surface area contributed by atoms with Gasteiger partial charge in [0.05, 0.1) is 12.0 Å². The SMILES string of the molecule is CCOC(=O)[C@@]12[C@H]3c4ccccc4N1C(=O)CCC21c2ccccc2C3c2ccccc21. The molecule has 0 N–H and O–H groups in total. The lowest BCUT2D eigenvalue weighted by Crippen LogP contribution is -2.76. The van der Waals surface area contributed by atoms with E-state index in [9.17, 15) is 9.59 Å². The molecule has 3 aliphatic carbocycles. The molecule has 0 aromatic heterocycles. The molecule has 3 aromatic carbocycles. The second-order valence-corrected chi connectivity index (χ2v) is 9.31. The van der Waals surface area contributed by atoms with Gasteiger partial charge < -0.3 is 4.74 Å². The molecule has 2 bridgehead atoms. The second kappa shape index (κ2) is 5.89. The van der Waals surface area contributed by atoms with Gasteiger partial charge in [0, 0.05) is 23.9 Å². The summed E-state index contributed by atoms with van der Waals surface area (Å²) in [7, 11) is 0. The predicted octanol–water partition coefficient (Wildman–Crippen LogP) is 4.66. The molecule has 3 aromatic rings. The number of piperidine rings is 1. The zero-order chi connectivity index (χ0) is 21.7. The van der Waals surface area contributed by atoms with E-state index in [1.54, 1.807) is 0 Å². The Morgan fingerprint density at radius 3 is 2.19 bits per heavy atom. The first kappa shape index (κ1) is 18.2. The third-order valence-electron chi connectivity index (χ3n) is 8.36. The number of carbonyl (C=O) groups is 2. The number of ether oxygens (including phenoxy) is 1. The second-order valence-electron chi connectivity index (χ2n) is 9.31. The van der Waals surface area contributed by atoms with Crippen LogP contribution in [-0.4, -0.2) is 24.0 Å². The zero-order valence-corrected chi connectivity index (χ0v) is 17.9. The van der Waals surface area contributed by atoms with Crippen LogP contribution < -0.4 is 4.90 Å². The molecule has 158 valence electrons. The number of amides is 1. The quantitative estimate of drug-likeness (QED) is 0.566. The fourth-order valence-corrected chi connectivity index (χ4v) is 7.61. The normalized spacial score (nSPS) is 30.3. The number of hydrogen-bond donors (Lipinski definition) is 0. The van der Waals surface area contributed by atoms with Crippen LogP contribution in [0.25, 0.3) is 0 Å². The summed E-state index contributed by atoms with van der Waals surface area (Å²) < 4.78 is 5.85. The Hall–Kier alpha value is -3.40. The Kier molecular flexibility index (Phi) is 3.35. The average molecular weight is 421 g/mol. The number of anilines is 1. The summed E-state index contributed by atoms with van der Waals surface area (Å²) in [6.07, 6.45) is 1.00. The number of benzene rings is 3. The first-order chi connectivity index (χ1) is 15.7. The lowest BCUT2D eigenvalue weighted by Gasteiger charge is -2.65. The smallest absolute Gasteiger partial charge is 0.334 e. The van der Waals surface area contributed by atoms with Gasteiger partial charge in [-0.2, -0.15) is 0 Å². The predicted molar refractivity (Wildman–Crippen MR) is 121 cm³/mol. The summed E-state index contributed by atoms with van der Waals surface area (Å²) in [5.74, 6) is -0.443. The molecule has 2 aliphatic heterocycles. The number of nitrogens with zero attached hydrogens (tertiary/aromatic N) is 1. The highest BCUT2D eigenvalue weighted by atomic mass is 16.5. The molecule has 1 spiro atoms. The summed E-state index contributed by atoms with van der Waals surface area (Å²) >= 11 is 0. The Bertz CT molecular complexity index is 1280. The van der Waals surface area contributed by atoms with Crippen molar-refractivity contribution in [3.63, 3.8) is 0 Å². The van der Waals surface area contributed by atoms with Gasteiger partial charge in [-0.05, 0) is 47.2 Å². The summed E-state index contributed by atoms with van der Waals surface area (Å²) in [4.78, 5) is 29.7. The van der Waals surface area contributed by atoms with E-state index < -0.39 is 11.0 Å². The van der Waals surface area contributed by atoms with Gasteiger partial charge in [0.25, 0.3) is 0 Å². The average Bonchev–Trinajstić information content (AvgIpc) is 3.16. The van der Waals surface area contributed by atoms with Crippen molar-refractivity contribution in [1.82, 2.24) is 0 Å². The van der Waals surface area contributed by atoms with Crippen LogP contribution in [0, 0.1) is 0 Å². The number of rotatable bonds is 2.